The van der Waals surface area contributed by atoms with Gasteiger partial charge in [-0.15, -0.1) is 13.2 Å². The molecule has 0 saturated heterocycles. The topological polar surface area (TPSA) is 50.8 Å². The zero-order valence-electron chi connectivity index (χ0n) is 13.3. The number of methoxy groups -OCH3 is 1. The minimum Gasteiger partial charge on any atom is -0.489 e. The van der Waals surface area contributed by atoms with E-state index in [0.717, 1.165) is 17.1 Å². The minimum atomic E-state index is -0.113. The quantitative estimate of drug-likeness (QED) is 0.533. The first-order valence-electron chi connectivity index (χ1n) is 7.12. The average Bonchev–Trinajstić information content (AvgIpc) is 2.48. The number of carbonyl (C=O) groups excluding carboxylic acids is 1. The first kappa shape index (κ1) is 17.8. The summed E-state index contributed by atoms with van der Waals surface area (Å²) < 4.78 is 10.8. The molecule has 0 bridgehead atoms. The smallest absolute Gasteiger partial charge is 0.221 e. The summed E-state index contributed by atoms with van der Waals surface area (Å²) in [5.41, 5.74) is 1.60. The predicted molar refractivity (Wildman–Crippen MR) is 90.7 cm³/mol. The van der Waals surface area contributed by atoms with Crippen LogP contribution in [0.5, 0.6) is 5.75 Å². The van der Waals surface area contributed by atoms with Crippen LogP contribution in [0.25, 0.3) is 0 Å². The third-order valence-corrected chi connectivity index (χ3v) is 2.86. The molecule has 120 valence electrons. The molecule has 5 heteroatoms. The Morgan fingerprint density at radius 2 is 1.95 bits per heavy atom. The van der Waals surface area contributed by atoms with Gasteiger partial charge in [-0.05, 0) is 18.2 Å². The van der Waals surface area contributed by atoms with Crippen LogP contribution in [-0.2, 0) is 9.53 Å². The van der Waals surface area contributed by atoms with E-state index < -0.39 is 0 Å². The zero-order chi connectivity index (χ0) is 16.4. The van der Waals surface area contributed by atoms with Crippen molar-refractivity contribution in [2.45, 2.75) is 6.92 Å². The number of nitrogens with one attached hydrogen (secondary N) is 1. The lowest BCUT2D eigenvalue weighted by Gasteiger charge is -2.25. The molecule has 1 rings (SSSR count). The van der Waals surface area contributed by atoms with Crippen molar-refractivity contribution in [2.24, 2.45) is 0 Å². The third kappa shape index (κ3) is 5.61. The summed E-state index contributed by atoms with van der Waals surface area (Å²) in [4.78, 5) is 13.3. The molecule has 1 amide bonds. The summed E-state index contributed by atoms with van der Waals surface area (Å²) in [6.07, 6.45) is 3.63. The molecule has 0 radical (unpaired) electrons. The van der Waals surface area contributed by atoms with E-state index in [1.807, 2.05) is 30.4 Å². The van der Waals surface area contributed by atoms with E-state index >= 15 is 0 Å². The summed E-state index contributed by atoms with van der Waals surface area (Å²) in [6, 6.07) is 5.54. The Kier molecular flexibility index (Phi) is 7.78. The van der Waals surface area contributed by atoms with Crippen LogP contribution in [0.2, 0.25) is 0 Å². The second-order valence-electron chi connectivity index (χ2n) is 4.69. The highest BCUT2D eigenvalue weighted by Crippen LogP contribution is 2.31. The average molecular weight is 304 g/mol. The van der Waals surface area contributed by atoms with E-state index in [1.54, 1.807) is 7.11 Å². The van der Waals surface area contributed by atoms with Gasteiger partial charge in [-0.2, -0.15) is 0 Å². The normalized spacial score (nSPS) is 9.91. The van der Waals surface area contributed by atoms with Crippen molar-refractivity contribution >= 4 is 17.3 Å². The number of ether oxygens (including phenoxy) is 2. The maximum atomic E-state index is 11.2. The summed E-state index contributed by atoms with van der Waals surface area (Å²) in [5, 5.41) is 2.78. The Morgan fingerprint density at radius 3 is 2.50 bits per heavy atom. The van der Waals surface area contributed by atoms with Gasteiger partial charge >= 0.3 is 0 Å². The number of rotatable bonds is 10. The van der Waals surface area contributed by atoms with E-state index in [1.165, 1.54) is 6.92 Å². The van der Waals surface area contributed by atoms with Gasteiger partial charge in [0.25, 0.3) is 0 Å². The molecule has 0 aliphatic heterocycles. The number of hydrogen-bond donors (Lipinski definition) is 1. The van der Waals surface area contributed by atoms with E-state index in [0.29, 0.717) is 26.3 Å². The SMILES string of the molecule is C=CCN(CC=C)c1cc(NC(C)=O)ccc1OCCOC. The Morgan fingerprint density at radius 1 is 1.27 bits per heavy atom. The van der Waals surface area contributed by atoms with Crippen molar-refractivity contribution in [3.63, 3.8) is 0 Å². The summed E-state index contributed by atoms with van der Waals surface area (Å²) >= 11 is 0. The van der Waals surface area contributed by atoms with Gasteiger partial charge in [0, 0.05) is 32.8 Å². The molecule has 5 nitrogen and oxygen atoms in total. The molecule has 1 aromatic carbocycles. The number of hydrogen-bond acceptors (Lipinski definition) is 4. The van der Waals surface area contributed by atoms with E-state index in [2.05, 4.69) is 23.4 Å². The first-order valence-corrected chi connectivity index (χ1v) is 7.12. The zero-order valence-corrected chi connectivity index (χ0v) is 13.3. The first-order chi connectivity index (χ1) is 10.6. The summed E-state index contributed by atoms with van der Waals surface area (Å²) in [6.45, 7) is 11.3. The van der Waals surface area contributed by atoms with Crippen molar-refractivity contribution in [3.05, 3.63) is 43.5 Å². The second kappa shape index (κ2) is 9.63. The highest BCUT2D eigenvalue weighted by atomic mass is 16.5. The maximum absolute atomic E-state index is 11.2. The molecule has 0 atom stereocenters. The Hall–Kier alpha value is -2.27. The fourth-order valence-corrected chi connectivity index (χ4v) is 1.99. The number of benzene rings is 1. The molecular formula is C17H24N2O3. The van der Waals surface area contributed by atoms with Gasteiger partial charge in [-0.25, -0.2) is 0 Å². The lowest BCUT2D eigenvalue weighted by atomic mass is 10.2. The van der Waals surface area contributed by atoms with E-state index in [9.17, 15) is 4.79 Å². The van der Waals surface area contributed by atoms with Crippen LogP contribution in [0.15, 0.2) is 43.5 Å². The summed E-state index contributed by atoms with van der Waals surface area (Å²) in [7, 11) is 1.63. The summed E-state index contributed by atoms with van der Waals surface area (Å²) in [5.74, 6) is 0.618. The van der Waals surface area contributed by atoms with Crippen molar-refractivity contribution < 1.29 is 14.3 Å². The van der Waals surface area contributed by atoms with Crippen LogP contribution in [0.4, 0.5) is 11.4 Å². The Balaban J connectivity index is 3.09. The number of nitrogens with zero attached hydrogens (tertiary/aromatic N) is 1. The van der Waals surface area contributed by atoms with Crippen molar-refractivity contribution in [2.75, 3.05) is 43.6 Å². The lowest BCUT2D eigenvalue weighted by Crippen LogP contribution is -2.24. The number of amides is 1. The van der Waals surface area contributed by atoms with Crippen LogP contribution < -0.4 is 15.0 Å². The van der Waals surface area contributed by atoms with Crippen molar-refractivity contribution in [3.8, 4) is 5.75 Å². The third-order valence-electron chi connectivity index (χ3n) is 2.86. The molecule has 1 aromatic rings. The predicted octanol–water partition coefficient (Wildman–Crippen LogP) is 2.85. The standard InChI is InChI=1S/C17H24N2O3/c1-5-9-19(10-6-2)16-13-15(18-14(3)20)7-8-17(16)22-12-11-21-4/h5-8,13H,1-2,9-12H2,3-4H3,(H,18,20). The van der Waals surface area contributed by atoms with E-state index in [-0.39, 0.29) is 5.91 Å². The van der Waals surface area contributed by atoms with Gasteiger partial charge in [0.05, 0.1) is 12.3 Å². The second-order valence-corrected chi connectivity index (χ2v) is 4.69. The molecule has 0 aliphatic rings. The van der Waals surface area contributed by atoms with Gasteiger partial charge in [0.2, 0.25) is 5.91 Å². The minimum absolute atomic E-state index is 0.113. The molecule has 0 spiro atoms. The Labute approximate surface area is 132 Å². The molecule has 1 N–H and O–H groups in total. The number of carbonyl (C=O) groups is 1. The molecule has 0 fully saturated rings. The molecule has 22 heavy (non-hydrogen) atoms. The van der Waals surface area contributed by atoms with Gasteiger partial charge < -0.3 is 19.7 Å². The van der Waals surface area contributed by atoms with Crippen LogP contribution in [-0.4, -0.2) is 39.3 Å². The lowest BCUT2D eigenvalue weighted by molar-refractivity contribution is -0.114. The fraction of sp³-hybridized carbons (Fsp3) is 0.353. The number of anilines is 2. The molecule has 0 saturated carbocycles. The van der Waals surface area contributed by atoms with Crippen molar-refractivity contribution in [1.29, 1.82) is 0 Å². The highest BCUT2D eigenvalue weighted by Gasteiger charge is 2.12. The van der Waals surface area contributed by atoms with Crippen LogP contribution in [0, 0.1) is 0 Å². The molecule has 0 heterocycles. The van der Waals surface area contributed by atoms with Gasteiger partial charge in [-0.3, -0.25) is 4.79 Å². The highest BCUT2D eigenvalue weighted by molar-refractivity contribution is 5.89. The molecule has 0 unspecified atom stereocenters. The molecular weight excluding hydrogens is 280 g/mol. The largest absolute Gasteiger partial charge is 0.489 e. The van der Waals surface area contributed by atoms with Crippen LogP contribution in [0.1, 0.15) is 6.92 Å². The fourth-order valence-electron chi connectivity index (χ4n) is 1.99. The van der Waals surface area contributed by atoms with Crippen molar-refractivity contribution in [1.82, 2.24) is 0 Å². The Bertz CT molecular complexity index is 505. The van der Waals surface area contributed by atoms with Crippen LogP contribution in [0.3, 0.4) is 0 Å². The van der Waals surface area contributed by atoms with Gasteiger partial charge in [0.15, 0.2) is 0 Å². The monoisotopic (exact) mass is 304 g/mol. The van der Waals surface area contributed by atoms with Gasteiger partial charge in [-0.1, -0.05) is 12.2 Å². The van der Waals surface area contributed by atoms with Crippen LogP contribution >= 0.6 is 0 Å². The molecule has 0 aliphatic carbocycles. The van der Waals surface area contributed by atoms with Gasteiger partial charge in [0.1, 0.15) is 12.4 Å². The maximum Gasteiger partial charge on any atom is 0.221 e. The van der Waals surface area contributed by atoms with E-state index in [4.69, 9.17) is 9.47 Å². The molecule has 0 aromatic heterocycles.